The van der Waals surface area contributed by atoms with Gasteiger partial charge in [0.2, 0.25) is 15.7 Å². The number of unbranched alkanes of at least 4 members (excludes halogenated alkanes) is 1. The average molecular weight is 547 g/mol. The highest BCUT2D eigenvalue weighted by atomic mass is 32.2. The Hall–Kier alpha value is -4.36. The minimum absolute atomic E-state index is 0.225. The molecular weight excluding hydrogens is 519 g/mol. The highest BCUT2D eigenvalue weighted by molar-refractivity contribution is 7.91. The van der Waals surface area contributed by atoms with Gasteiger partial charge in [0, 0.05) is 18.2 Å². The number of sulfone groups is 1. The largest absolute Gasteiger partial charge is 0.493 e. The van der Waals surface area contributed by atoms with Gasteiger partial charge in [-0.3, -0.25) is 14.3 Å². The second-order valence-corrected chi connectivity index (χ2v) is 10.9. The number of aromatic hydroxyl groups is 1. The van der Waals surface area contributed by atoms with Crippen LogP contribution in [0.25, 0.3) is 11.1 Å². The molecule has 200 valence electrons. The molecule has 0 bridgehead atoms. The van der Waals surface area contributed by atoms with Crippen molar-refractivity contribution in [3.63, 3.8) is 0 Å². The SMILES string of the molecule is CCCCc1nc(=O)c(S(=O)(=O)c2ccc(-c3cncc(F)c3)cc2)c(O)n1C(CC)c1cccc(C#N)c1. The van der Waals surface area contributed by atoms with Crippen LogP contribution in [0, 0.1) is 17.1 Å². The first kappa shape index (κ1) is 27.7. The maximum atomic E-state index is 13.7. The Bertz CT molecular complexity index is 1710. The zero-order chi connectivity index (χ0) is 28.2. The average Bonchev–Trinajstić information content (AvgIpc) is 2.93. The molecule has 0 aliphatic heterocycles. The fourth-order valence-electron chi connectivity index (χ4n) is 4.52. The normalized spacial score (nSPS) is 12.2. The first-order valence-corrected chi connectivity index (χ1v) is 14.0. The zero-order valence-electron chi connectivity index (χ0n) is 21.5. The van der Waals surface area contributed by atoms with Crippen LogP contribution in [0.15, 0.2) is 81.6 Å². The van der Waals surface area contributed by atoms with Crippen LogP contribution < -0.4 is 5.56 Å². The molecule has 0 saturated carbocycles. The van der Waals surface area contributed by atoms with Crippen LogP contribution in [0.3, 0.4) is 0 Å². The number of hydrogen-bond acceptors (Lipinski definition) is 7. The number of nitrogens with zero attached hydrogens (tertiary/aromatic N) is 4. The third kappa shape index (κ3) is 5.59. The summed E-state index contributed by atoms with van der Waals surface area (Å²) in [5, 5.41) is 20.8. The molecule has 2 aromatic carbocycles. The second-order valence-electron chi connectivity index (χ2n) is 9.04. The summed E-state index contributed by atoms with van der Waals surface area (Å²) in [7, 11) is -4.49. The molecule has 2 aromatic heterocycles. The van der Waals surface area contributed by atoms with Crippen molar-refractivity contribution in [3.05, 3.63) is 100 Å². The number of pyridine rings is 1. The van der Waals surface area contributed by atoms with Crippen molar-refractivity contribution in [2.24, 2.45) is 0 Å². The van der Waals surface area contributed by atoms with E-state index in [1.54, 1.807) is 24.3 Å². The van der Waals surface area contributed by atoms with E-state index in [0.29, 0.717) is 41.5 Å². The van der Waals surface area contributed by atoms with Crippen molar-refractivity contribution in [3.8, 4) is 23.1 Å². The summed E-state index contributed by atoms with van der Waals surface area (Å²) < 4.78 is 42.3. The maximum Gasteiger partial charge on any atom is 0.296 e. The van der Waals surface area contributed by atoms with Crippen molar-refractivity contribution in [1.82, 2.24) is 14.5 Å². The van der Waals surface area contributed by atoms with E-state index in [9.17, 15) is 28.0 Å². The summed E-state index contributed by atoms with van der Waals surface area (Å²) >= 11 is 0. The quantitative estimate of drug-likeness (QED) is 0.306. The second kappa shape index (κ2) is 11.6. The van der Waals surface area contributed by atoms with Gasteiger partial charge in [-0.25, -0.2) is 12.8 Å². The summed E-state index contributed by atoms with van der Waals surface area (Å²) in [6.45, 7) is 3.83. The van der Waals surface area contributed by atoms with E-state index < -0.39 is 38.0 Å². The lowest BCUT2D eigenvalue weighted by molar-refractivity contribution is 0.358. The molecule has 0 aliphatic carbocycles. The third-order valence-corrected chi connectivity index (χ3v) is 8.25. The van der Waals surface area contributed by atoms with E-state index in [2.05, 4.69) is 16.0 Å². The minimum atomic E-state index is -4.49. The summed E-state index contributed by atoms with van der Waals surface area (Å²) in [5.74, 6) is -0.968. The van der Waals surface area contributed by atoms with Gasteiger partial charge < -0.3 is 5.11 Å². The molecular formula is C29H27FN4O4S. The van der Waals surface area contributed by atoms with E-state index in [0.717, 1.165) is 12.6 Å². The monoisotopic (exact) mass is 546 g/mol. The van der Waals surface area contributed by atoms with Crippen LogP contribution in [0.2, 0.25) is 0 Å². The van der Waals surface area contributed by atoms with Gasteiger partial charge >= 0.3 is 0 Å². The minimum Gasteiger partial charge on any atom is -0.493 e. The Kier molecular flexibility index (Phi) is 8.21. The molecule has 0 saturated heterocycles. The highest BCUT2D eigenvalue weighted by Crippen LogP contribution is 2.34. The Morgan fingerprint density at radius 3 is 2.46 bits per heavy atom. The standard InChI is InChI=1S/C29H27FN4O4S/c1-3-5-9-26-33-28(35)27(29(36)34(26)25(4-2)21-8-6-7-19(14-21)16-31)39(37,38)24-12-10-20(11-13-24)22-15-23(30)18-32-17-22/h6-8,10-15,17-18,25,36H,3-5,9H2,1-2H3. The number of hydrogen-bond donors (Lipinski definition) is 1. The Labute approximate surface area is 226 Å². The fourth-order valence-corrected chi connectivity index (χ4v) is 5.86. The van der Waals surface area contributed by atoms with Crippen molar-refractivity contribution >= 4 is 9.84 Å². The van der Waals surface area contributed by atoms with Gasteiger partial charge in [-0.2, -0.15) is 10.2 Å². The van der Waals surface area contributed by atoms with E-state index in [1.165, 1.54) is 41.1 Å². The molecule has 1 N–H and O–H groups in total. The summed E-state index contributed by atoms with van der Waals surface area (Å²) in [6, 6.07) is 15.1. The smallest absolute Gasteiger partial charge is 0.296 e. The van der Waals surface area contributed by atoms with Crippen LogP contribution in [-0.2, 0) is 16.3 Å². The van der Waals surface area contributed by atoms with Crippen LogP contribution in [0.5, 0.6) is 5.88 Å². The third-order valence-electron chi connectivity index (χ3n) is 6.46. The van der Waals surface area contributed by atoms with E-state index >= 15 is 0 Å². The van der Waals surface area contributed by atoms with Crippen LogP contribution in [-0.4, -0.2) is 28.1 Å². The molecule has 1 atom stereocenters. The van der Waals surface area contributed by atoms with Crippen LogP contribution in [0.1, 0.15) is 56.1 Å². The van der Waals surface area contributed by atoms with Crippen LogP contribution >= 0.6 is 0 Å². The molecule has 0 aliphatic rings. The van der Waals surface area contributed by atoms with Crippen LogP contribution in [0.4, 0.5) is 4.39 Å². The number of aromatic nitrogens is 3. The first-order chi connectivity index (χ1) is 18.7. The maximum absolute atomic E-state index is 13.7. The first-order valence-electron chi connectivity index (χ1n) is 12.5. The highest BCUT2D eigenvalue weighted by Gasteiger charge is 2.32. The Balaban J connectivity index is 1.87. The Morgan fingerprint density at radius 1 is 1.08 bits per heavy atom. The number of nitriles is 1. The van der Waals surface area contributed by atoms with Crippen molar-refractivity contribution in [2.45, 2.75) is 55.4 Å². The van der Waals surface area contributed by atoms with E-state index in [4.69, 9.17) is 0 Å². The predicted molar refractivity (Wildman–Crippen MR) is 143 cm³/mol. The number of rotatable bonds is 9. The molecule has 0 amide bonds. The summed E-state index contributed by atoms with van der Waals surface area (Å²) in [5.41, 5.74) is 1.02. The van der Waals surface area contributed by atoms with Gasteiger partial charge in [0.1, 0.15) is 11.6 Å². The lowest BCUT2D eigenvalue weighted by Crippen LogP contribution is -2.27. The van der Waals surface area contributed by atoms with E-state index in [1.807, 2.05) is 13.8 Å². The predicted octanol–water partition coefficient (Wildman–Crippen LogP) is 5.20. The lowest BCUT2D eigenvalue weighted by atomic mass is 10.0. The van der Waals surface area contributed by atoms with Gasteiger partial charge in [-0.05, 0) is 54.3 Å². The molecule has 8 nitrogen and oxygen atoms in total. The molecule has 2 heterocycles. The molecule has 0 spiro atoms. The Morgan fingerprint density at radius 2 is 1.82 bits per heavy atom. The molecule has 10 heteroatoms. The fraction of sp³-hybridized carbons (Fsp3) is 0.241. The van der Waals surface area contributed by atoms with Gasteiger partial charge in [-0.1, -0.05) is 44.5 Å². The molecule has 1 unspecified atom stereocenters. The van der Waals surface area contributed by atoms with Gasteiger partial charge in [0.05, 0.1) is 28.8 Å². The van der Waals surface area contributed by atoms with Gasteiger partial charge in [0.15, 0.2) is 4.90 Å². The van der Waals surface area contributed by atoms with Crippen molar-refractivity contribution in [1.29, 1.82) is 5.26 Å². The van der Waals surface area contributed by atoms with Gasteiger partial charge in [0.25, 0.3) is 5.56 Å². The number of benzene rings is 2. The molecule has 39 heavy (non-hydrogen) atoms. The number of halogens is 1. The topological polar surface area (TPSA) is 126 Å². The van der Waals surface area contributed by atoms with Gasteiger partial charge in [-0.15, -0.1) is 0 Å². The lowest BCUT2D eigenvalue weighted by Gasteiger charge is -2.25. The van der Waals surface area contributed by atoms with E-state index in [-0.39, 0.29) is 10.7 Å². The molecule has 0 fully saturated rings. The van der Waals surface area contributed by atoms with Crippen molar-refractivity contribution in [2.75, 3.05) is 0 Å². The summed E-state index contributed by atoms with van der Waals surface area (Å²) in [6.07, 6.45) is 4.76. The molecule has 0 radical (unpaired) electrons. The summed E-state index contributed by atoms with van der Waals surface area (Å²) in [4.78, 5) is 20.0. The molecule has 4 rings (SSSR count). The molecule has 4 aromatic rings. The zero-order valence-corrected chi connectivity index (χ0v) is 22.3. The van der Waals surface area contributed by atoms with Crippen molar-refractivity contribution < 1.29 is 17.9 Å². The number of aryl methyl sites for hydroxylation is 1.